The predicted molar refractivity (Wildman–Crippen MR) is 230 cm³/mol. The molecule has 6 heterocycles. The summed E-state index contributed by atoms with van der Waals surface area (Å²) in [7, 11) is 0. The molecule has 4 aliphatic heterocycles. The molecule has 4 heteroatoms. The van der Waals surface area contributed by atoms with Gasteiger partial charge in [0.15, 0.2) is 0 Å². The van der Waals surface area contributed by atoms with Crippen LogP contribution in [0.1, 0.15) is 0 Å². The summed E-state index contributed by atoms with van der Waals surface area (Å²) in [5.41, 5.74) is 22.1. The van der Waals surface area contributed by atoms with E-state index in [1.54, 1.807) is 0 Å². The van der Waals surface area contributed by atoms with Gasteiger partial charge in [-0.25, -0.2) is 0 Å². The lowest BCUT2D eigenvalue weighted by molar-refractivity contribution is 1.16. The zero-order valence-corrected chi connectivity index (χ0v) is 29.1. The zero-order chi connectivity index (χ0) is 34.6. The van der Waals surface area contributed by atoms with Crippen LogP contribution in [0.5, 0.6) is 0 Å². The van der Waals surface area contributed by atoms with Crippen LogP contribution in [0.15, 0.2) is 158 Å². The molecule has 0 saturated heterocycles. The maximum atomic E-state index is 2.65. The third-order valence-corrected chi connectivity index (χ3v) is 13.7. The van der Waals surface area contributed by atoms with Crippen molar-refractivity contribution < 1.29 is 0 Å². The molecular weight excluding hydrogens is 650 g/mol. The third kappa shape index (κ3) is 2.75. The number of hydrogen-bond acceptors (Lipinski definition) is 0. The molecule has 0 bridgehead atoms. The van der Waals surface area contributed by atoms with Gasteiger partial charge in [0.1, 0.15) is 0 Å². The highest BCUT2D eigenvalue weighted by Crippen LogP contribution is 2.46. The van der Waals surface area contributed by atoms with Crippen molar-refractivity contribution in [3.05, 3.63) is 158 Å². The lowest BCUT2D eigenvalue weighted by Gasteiger charge is -2.31. The van der Waals surface area contributed by atoms with Crippen LogP contribution >= 0.6 is 0 Å². The second kappa shape index (κ2) is 8.87. The van der Waals surface area contributed by atoms with Crippen molar-refractivity contribution in [2.45, 2.75) is 0 Å². The SMILES string of the molecule is c1ccc2c(c1)B1c3cc4c(cc3-n3c5ccccc5c5c6ccccc6c-2c1c53)B1c2ccccc2-c2c1c1c(c3ccccc23)c2ccccc2n1-4. The highest BCUT2D eigenvalue weighted by molar-refractivity contribution is 7.03. The van der Waals surface area contributed by atoms with Crippen LogP contribution in [0.3, 0.4) is 0 Å². The van der Waals surface area contributed by atoms with Gasteiger partial charge in [-0.15, -0.1) is 0 Å². The highest BCUT2D eigenvalue weighted by Gasteiger charge is 2.46. The van der Waals surface area contributed by atoms with Gasteiger partial charge in [-0.1, -0.05) is 144 Å². The molecule has 242 valence electrons. The van der Waals surface area contributed by atoms with Crippen LogP contribution < -0.4 is 32.8 Å². The summed E-state index contributed by atoms with van der Waals surface area (Å²) in [6.45, 7) is 0.282. The van der Waals surface area contributed by atoms with E-state index in [1.165, 1.54) is 132 Å². The standard InChI is InChI=1S/C50H26B2N2/c1-3-15-29-27(13-1)43-31-17-5-9-21-35(31)51-37-25-42-38(26-41(37)53-39-23-11-7-19-33(39)45(29)49(53)47(43)51)52-36-22-10-6-18-32(36)44-28-14-2-4-16-30(28)46-34-20-8-12-24-40(34)54(42)50(46)48(44)52/h1-26H. The zero-order valence-electron chi connectivity index (χ0n) is 29.1. The van der Waals surface area contributed by atoms with Gasteiger partial charge < -0.3 is 9.13 Å². The van der Waals surface area contributed by atoms with Crippen LogP contribution in [-0.4, -0.2) is 22.6 Å². The van der Waals surface area contributed by atoms with E-state index in [2.05, 4.69) is 167 Å². The van der Waals surface area contributed by atoms with Crippen molar-refractivity contribution in [3.8, 4) is 33.6 Å². The number of benzene rings is 9. The smallest absolute Gasteiger partial charge is 0.248 e. The van der Waals surface area contributed by atoms with Crippen molar-refractivity contribution in [2.24, 2.45) is 0 Å². The Morgan fingerprint density at radius 2 is 0.704 bits per heavy atom. The highest BCUT2D eigenvalue weighted by atomic mass is 15.0. The summed E-state index contributed by atoms with van der Waals surface area (Å²) < 4.78 is 5.30. The fourth-order valence-corrected chi connectivity index (χ4v) is 11.9. The van der Waals surface area contributed by atoms with E-state index in [9.17, 15) is 0 Å². The molecule has 0 unspecified atom stereocenters. The third-order valence-electron chi connectivity index (χ3n) is 13.7. The molecule has 9 aromatic carbocycles. The van der Waals surface area contributed by atoms with Gasteiger partial charge in [0.2, 0.25) is 13.4 Å². The van der Waals surface area contributed by atoms with Gasteiger partial charge in [0.05, 0.1) is 22.1 Å². The van der Waals surface area contributed by atoms with Gasteiger partial charge in [-0.2, -0.15) is 0 Å². The molecule has 15 rings (SSSR count). The number of para-hydroxylation sites is 2. The molecular formula is C50H26B2N2. The van der Waals surface area contributed by atoms with Gasteiger partial charge in [-0.3, -0.25) is 0 Å². The Balaban J connectivity index is 1.19. The Bertz CT molecular complexity index is 3400. The monoisotopic (exact) mass is 676 g/mol. The Morgan fingerprint density at radius 1 is 0.333 bits per heavy atom. The molecule has 4 aliphatic rings. The lowest BCUT2D eigenvalue weighted by atomic mass is 9.35. The average Bonchev–Trinajstić information content (AvgIpc) is 3.97. The first-order valence-corrected chi connectivity index (χ1v) is 19.2. The van der Waals surface area contributed by atoms with Gasteiger partial charge in [-0.05, 0) is 89.9 Å². The van der Waals surface area contributed by atoms with Crippen molar-refractivity contribution in [1.29, 1.82) is 0 Å². The molecule has 0 amide bonds. The molecule has 2 aromatic heterocycles. The summed E-state index contributed by atoms with van der Waals surface area (Å²) in [4.78, 5) is 0. The molecule has 0 spiro atoms. The van der Waals surface area contributed by atoms with E-state index in [1.807, 2.05) is 0 Å². The van der Waals surface area contributed by atoms with Gasteiger partial charge >= 0.3 is 0 Å². The summed E-state index contributed by atoms with van der Waals surface area (Å²) >= 11 is 0. The summed E-state index contributed by atoms with van der Waals surface area (Å²) in [6, 6.07) is 60.2. The van der Waals surface area contributed by atoms with E-state index in [-0.39, 0.29) is 13.4 Å². The van der Waals surface area contributed by atoms with E-state index in [0.717, 1.165) is 0 Å². The fourth-order valence-electron chi connectivity index (χ4n) is 11.9. The Morgan fingerprint density at radius 3 is 1.17 bits per heavy atom. The van der Waals surface area contributed by atoms with Crippen molar-refractivity contribution in [2.75, 3.05) is 0 Å². The Labute approximate surface area is 310 Å². The van der Waals surface area contributed by atoms with Crippen molar-refractivity contribution >= 4 is 111 Å². The van der Waals surface area contributed by atoms with Gasteiger partial charge in [0.25, 0.3) is 0 Å². The first-order chi connectivity index (χ1) is 26.9. The van der Waals surface area contributed by atoms with E-state index >= 15 is 0 Å². The second-order valence-electron chi connectivity index (χ2n) is 15.8. The minimum absolute atomic E-state index is 0.141. The Hall–Kier alpha value is -6.77. The molecule has 11 aromatic rings. The minimum atomic E-state index is 0.141. The molecule has 54 heavy (non-hydrogen) atoms. The number of fused-ring (bicyclic) bond motifs is 24. The average molecular weight is 676 g/mol. The largest absolute Gasteiger partial charge is 0.310 e. The molecule has 0 N–H and O–H groups in total. The number of hydrogen-bond donors (Lipinski definition) is 0. The number of rotatable bonds is 0. The normalized spacial score (nSPS) is 13.9. The lowest BCUT2D eigenvalue weighted by Crippen LogP contribution is -2.57. The van der Waals surface area contributed by atoms with Crippen LogP contribution in [0, 0.1) is 0 Å². The Kier molecular flexibility index (Phi) is 4.42. The van der Waals surface area contributed by atoms with E-state index < -0.39 is 0 Å². The van der Waals surface area contributed by atoms with Crippen LogP contribution in [-0.2, 0) is 0 Å². The first kappa shape index (κ1) is 26.9. The number of nitrogens with zero attached hydrogens (tertiary/aromatic N) is 2. The first-order valence-electron chi connectivity index (χ1n) is 19.2. The second-order valence-corrected chi connectivity index (χ2v) is 15.8. The molecule has 0 saturated carbocycles. The summed E-state index contributed by atoms with van der Waals surface area (Å²) in [5.74, 6) is 0. The van der Waals surface area contributed by atoms with Crippen LogP contribution in [0.25, 0.3) is 98.8 Å². The van der Waals surface area contributed by atoms with Crippen molar-refractivity contribution in [3.63, 3.8) is 0 Å². The molecule has 0 aliphatic carbocycles. The molecule has 0 radical (unpaired) electrons. The maximum Gasteiger partial charge on any atom is 0.248 e. The maximum absolute atomic E-state index is 2.65. The number of aromatic nitrogens is 2. The van der Waals surface area contributed by atoms with E-state index in [0.29, 0.717) is 0 Å². The molecule has 0 fully saturated rings. The van der Waals surface area contributed by atoms with E-state index in [4.69, 9.17) is 0 Å². The van der Waals surface area contributed by atoms with Crippen LogP contribution in [0.2, 0.25) is 0 Å². The summed E-state index contributed by atoms with van der Waals surface area (Å²) in [6.07, 6.45) is 0. The van der Waals surface area contributed by atoms with Gasteiger partial charge in [0, 0.05) is 32.9 Å². The predicted octanol–water partition coefficient (Wildman–Crippen LogP) is 7.81. The quantitative estimate of drug-likeness (QED) is 0.145. The molecule has 0 atom stereocenters. The van der Waals surface area contributed by atoms with Crippen molar-refractivity contribution in [1.82, 2.24) is 9.13 Å². The summed E-state index contributed by atoms with van der Waals surface area (Å²) in [5, 5.41) is 10.8. The fraction of sp³-hybridized carbons (Fsp3) is 0. The minimum Gasteiger partial charge on any atom is -0.310 e. The van der Waals surface area contributed by atoms with Crippen LogP contribution in [0.4, 0.5) is 0 Å². The topological polar surface area (TPSA) is 9.86 Å². The molecule has 2 nitrogen and oxygen atoms in total.